The zero-order valence-electron chi connectivity index (χ0n) is 11.9. The lowest BCUT2D eigenvalue weighted by Crippen LogP contribution is -2.63. The van der Waals surface area contributed by atoms with Crippen molar-refractivity contribution in [2.45, 2.75) is 38.7 Å². The minimum absolute atomic E-state index is 0.211. The number of halogens is 1. The van der Waals surface area contributed by atoms with Gasteiger partial charge in [-0.05, 0) is 37.4 Å². The summed E-state index contributed by atoms with van der Waals surface area (Å²) in [4.78, 5) is 2.35. The molecule has 1 heterocycles. The molecular weight excluding hydrogens is 241 g/mol. The van der Waals surface area contributed by atoms with Gasteiger partial charge in [0.1, 0.15) is 11.6 Å². The van der Waals surface area contributed by atoms with Gasteiger partial charge in [-0.3, -0.25) is 0 Å². The maximum atomic E-state index is 13.4. The van der Waals surface area contributed by atoms with E-state index in [1.165, 1.54) is 25.2 Å². The molecule has 0 unspecified atom stereocenters. The Bertz CT molecular complexity index is 472. The van der Waals surface area contributed by atoms with E-state index in [0.29, 0.717) is 11.3 Å². The van der Waals surface area contributed by atoms with Gasteiger partial charge in [-0.25, -0.2) is 4.39 Å². The van der Waals surface area contributed by atoms with Crippen LogP contribution in [0.1, 0.15) is 38.2 Å². The van der Waals surface area contributed by atoms with Crippen LogP contribution in [0.25, 0.3) is 0 Å². The lowest BCUT2D eigenvalue weighted by Gasteiger charge is -2.57. The van der Waals surface area contributed by atoms with E-state index in [-0.39, 0.29) is 11.9 Å². The molecule has 3 heteroatoms. The fourth-order valence-electron chi connectivity index (χ4n) is 3.61. The van der Waals surface area contributed by atoms with Crippen LogP contribution in [0.3, 0.4) is 0 Å². The highest BCUT2D eigenvalue weighted by Crippen LogP contribution is 2.49. The van der Waals surface area contributed by atoms with E-state index in [9.17, 15) is 4.39 Å². The molecule has 0 aromatic heterocycles. The molecule has 1 spiro atoms. The fraction of sp³-hybridized carbons (Fsp3) is 0.625. The van der Waals surface area contributed by atoms with Crippen LogP contribution in [0.2, 0.25) is 0 Å². The van der Waals surface area contributed by atoms with Gasteiger partial charge < -0.3 is 9.64 Å². The van der Waals surface area contributed by atoms with Crippen LogP contribution in [-0.2, 0) is 0 Å². The summed E-state index contributed by atoms with van der Waals surface area (Å²) in [6, 6.07) is 4.90. The van der Waals surface area contributed by atoms with Crippen LogP contribution >= 0.6 is 0 Å². The second kappa shape index (κ2) is 4.48. The van der Waals surface area contributed by atoms with E-state index in [1.807, 2.05) is 6.07 Å². The van der Waals surface area contributed by atoms with E-state index < -0.39 is 0 Å². The number of likely N-dealkylation sites (tertiary alicyclic amines) is 1. The van der Waals surface area contributed by atoms with Crippen molar-refractivity contribution >= 4 is 0 Å². The highest BCUT2D eigenvalue weighted by molar-refractivity contribution is 5.36. The second-order valence-corrected chi connectivity index (χ2v) is 6.66. The molecule has 19 heavy (non-hydrogen) atoms. The van der Waals surface area contributed by atoms with E-state index >= 15 is 0 Å². The molecule has 0 amide bonds. The maximum absolute atomic E-state index is 13.4. The molecule has 3 rings (SSSR count). The SMILES string of the molecule is CC(C)c1ccc(F)cc1OC1CC2(C1)CN(C)C2. The van der Waals surface area contributed by atoms with E-state index in [1.54, 1.807) is 0 Å². The van der Waals surface area contributed by atoms with Crippen LogP contribution in [0.5, 0.6) is 5.75 Å². The molecule has 1 saturated heterocycles. The number of ether oxygens (including phenoxy) is 1. The Hall–Kier alpha value is -1.09. The van der Waals surface area contributed by atoms with Crippen molar-refractivity contribution < 1.29 is 9.13 Å². The van der Waals surface area contributed by atoms with Crippen LogP contribution in [0, 0.1) is 11.2 Å². The summed E-state index contributed by atoms with van der Waals surface area (Å²) >= 11 is 0. The largest absolute Gasteiger partial charge is 0.490 e. The number of hydrogen-bond donors (Lipinski definition) is 0. The standard InChI is InChI=1S/C16H22FNO/c1-11(2)14-5-4-12(17)6-15(14)19-13-7-16(8-13)9-18(3)10-16/h4-6,11,13H,7-10H2,1-3H3. The third-order valence-corrected chi connectivity index (χ3v) is 4.42. The predicted octanol–water partition coefficient (Wildman–Crippen LogP) is 3.42. The molecular formula is C16H22FNO. The Morgan fingerprint density at radius 2 is 2.00 bits per heavy atom. The van der Waals surface area contributed by atoms with Gasteiger partial charge in [0.15, 0.2) is 0 Å². The zero-order valence-corrected chi connectivity index (χ0v) is 11.9. The van der Waals surface area contributed by atoms with Crippen LogP contribution in [-0.4, -0.2) is 31.1 Å². The summed E-state index contributed by atoms with van der Waals surface area (Å²) in [5.74, 6) is 0.888. The number of rotatable bonds is 3. The first-order chi connectivity index (χ1) is 8.97. The summed E-state index contributed by atoms with van der Waals surface area (Å²) in [6.07, 6.45) is 2.50. The summed E-state index contributed by atoms with van der Waals surface area (Å²) in [5.41, 5.74) is 1.61. The topological polar surface area (TPSA) is 12.5 Å². The van der Waals surface area contributed by atoms with Gasteiger partial charge >= 0.3 is 0 Å². The van der Waals surface area contributed by atoms with Crippen LogP contribution in [0.15, 0.2) is 18.2 Å². The first-order valence-corrected chi connectivity index (χ1v) is 7.12. The van der Waals surface area contributed by atoms with Crippen molar-refractivity contribution in [2.75, 3.05) is 20.1 Å². The number of nitrogens with zero attached hydrogens (tertiary/aromatic N) is 1. The Morgan fingerprint density at radius 3 is 2.58 bits per heavy atom. The first-order valence-electron chi connectivity index (χ1n) is 7.12. The smallest absolute Gasteiger partial charge is 0.126 e. The van der Waals surface area contributed by atoms with Gasteiger partial charge in [0.25, 0.3) is 0 Å². The molecule has 0 N–H and O–H groups in total. The molecule has 2 aliphatic rings. The molecule has 1 aromatic rings. The molecule has 0 bridgehead atoms. The van der Waals surface area contributed by atoms with E-state index in [2.05, 4.69) is 25.8 Å². The molecule has 1 aliphatic heterocycles. The third-order valence-electron chi connectivity index (χ3n) is 4.42. The Morgan fingerprint density at radius 1 is 1.32 bits per heavy atom. The molecule has 1 aliphatic carbocycles. The quantitative estimate of drug-likeness (QED) is 0.828. The highest BCUT2D eigenvalue weighted by atomic mass is 19.1. The van der Waals surface area contributed by atoms with Crippen molar-refractivity contribution in [3.05, 3.63) is 29.6 Å². The highest BCUT2D eigenvalue weighted by Gasteiger charge is 2.52. The Kier molecular flexibility index (Phi) is 3.05. The van der Waals surface area contributed by atoms with Crippen LogP contribution < -0.4 is 4.74 Å². The van der Waals surface area contributed by atoms with Gasteiger partial charge in [-0.15, -0.1) is 0 Å². The van der Waals surface area contributed by atoms with Crippen molar-refractivity contribution in [1.82, 2.24) is 4.90 Å². The van der Waals surface area contributed by atoms with Gasteiger partial charge in [0, 0.05) is 24.6 Å². The average Bonchev–Trinajstić information content (AvgIpc) is 2.23. The lowest BCUT2D eigenvalue weighted by molar-refractivity contribution is -0.109. The second-order valence-electron chi connectivity index (χ2n) is 6.66. The average molecular weight is 263 g/mol. The van der Waals surface area contributed by atoms with Gasteiger partial charge in [-0.2, -0.15) is 0 Å². The molecule has 104 valence electrons. The molecule has 1 saturated carbocycles. The van der Waals surface area contributed by atoms with Crippen molar-refractivity contribution in [1.29, 1.82) is 0 Å². The van der Waals surface area contributed by atoms with E-state index in [0.717, 1.165) is 24.2 Å². The minimum atomic E-state index is -0.211. The number of benzene rings is 1. The van der Waals surface area contributed by atoms with Crippen molar-refractivity contribution in [3.8, 4) is 5.75 Å². The predicted molar refractivity (Wildman–Crippen MR) is 74.1 cm³/mol. The first kappa shape index (κ1) is 12.9. The molecule has 2 nitrogen and oxygen atoms in total. The fourth-order valence-corrected chi connectivity index (χ4v) is 3.61. The van der Waals surface area contributed by atoms with E-state index in [4.69, 9.17) is 4.74 Å². The zero-order chi connectivity index (χ0) is 13.6. The monoisotopic (exact) mass is 263 g/mol. The molecule has 0 atom stereocenters. The van der Waals surface area contributed by atoms with Crippen molar-refractivity contribution in [3.63, 3.8) is 0 Å². The number of hydrogen-bond acceptors (Lipinski definition) is 2. The minimum Gasteiger partial charge on any atom is -0.490 e. The van der Waals surface area contributed by atoms with Crippen molar-refractivity contribution in [2.24, 2.45) is 5.41 Å². The summed E-state index contributed by atoms with van der Waals surface area (Å²) in [7, 11) is 2.16. The molecule has 2 fully saturated rings. The Labute approximate surface area is 114 Å². The van der Waals surface area contributed by atoms with Crippen LogP contribution in [0.4, 0.5) is 4.39 Å². The maximum Gasteiger partial charge on any atom is 0.126 e. The molecule has 0 radical (unpaired) electrons. The summed E-state index contributed by atoms with van der Waals surface area (Å²) in [5, 5.41) is 0. The third kappa shape index (κ3) is 2.36. The summed E-state index contributed by atoms with van der Waals surface area (Å²) in [6.45, 7) is 6.60. The lowest BCUT2D eigenvalue weighted by atomic mass is 9.62. The summed E-state index contributed by atoms with van der Waals surface area (Å²) < 4.78 is 19.4. The molecule has 1 aromatic carbocycles. The van der Waals surface area contributed by atoms with Gasteiger partial charge in [0.05, 0.1) is 6.10 Å². The Balaban J connectivity index is 1.66. The normalized spacial score (nSPS) is 22.4. The van der Waals surface area contributed by atoms with Gasteiger partial charge in [-0.1, -0.05) is 19.9 Å². The van der Waals surface area contributed by atoms with Gasteiger partial charge in [0.2, 0.25) is 0 Å².